The number of aliphatic carboxylic acids is 1. The van der Waals surface area contributed by atoms with Crippen LogP contribution in [0.2, 0.25) is 0 Å². The molecule has 1 N–H and O–H groups in total. The number of hydrogen-bond acceptors (Lipinski definition) is 13. The zero-order valence-electron chi connectivity index (χ0n) is 23.8. The second-order valence-electron chi connectivity index (χ2n) is 9.43. The maximum absolute atomic E-state index is 10.8. The van der Waals surface area contributed by atoms with E-state index in [1.165, 1.54) is 0 Å². The van der Waals surface area contributed by atoms with Crippen LogP contribution in [-0.4, -0.2) is 123 Å². The van der Waals surface area contributed by atoms with Gasteiger partial charge < -0.3 is 23.3 Å². The van der Waals surface area contributed by atoms with Crippen molar-refractivity contribution in [2.75, 3.05) is 60.0 Å². The molecule has 0 atom stereocenters. The third-order valence-electron chi connectivity index (χ3n) is 5.42. The van der Waals surface area contributed by atoms with Crippen LogP contribution in [0.4, 0.5) is 0 Å². The Labute approximate surface area is 287 Å². The fraction of sp³-hybridized carbons (Fsp3) is 0.952. The maximum Gasteiger partial charge on any atom is 2.00 e. The maximum atomic E-state index is 10.8. The average Bonchev–Trinajstić information content (AvgIpc) is 2.75. The molecule has 22 heteroatoms. The topological polar surface area (TPSA) is 266 Å². The largest absolute Gasteiger partial charge is 2.00 e. The number of unbranched alkanes of at least 4 members (excludes halogenated alkanes) is 4. The van der Waals surface area contributed by atoms with Gasteiger partial charge in [-0.3, -0.25) is 4.79 Å². The van der Waals surface area contributed by atoms with Crippen LogP contribution >= 0.6 is 15.8 Å². The summed E-state index contributed by atoms with van der Waals surface area (Å²) in [5.74, 6) is -2.58. The van der Waals surface area contributed by atoms with Crippen LogP contribution in [0.1, 0.15) is 64.7 Å². The van der Waals surface area contributed by atoms with E-state index < -0.39 is 85.3 Å². The van der Waals surface area contributed by atoms with E-state index in [1.807, 2.05) is 0 Å². The molecule has 0 spiro atoms. The second kappa shape index (κ2) is 27.3. The molecule has 0 aliphatic carbocycles. The Morgan fingerprint density at radius 2 is 0.628 bits per heavy atom. The monoisotopic (exact) mass is 920 g/mol. The van der Waals surface area contributed by atoms with Gasteiger partial charge in [-0.25, -0.2) is 33.7 Å². The zero-order valence-corrected chi connectivity index (χ0v) is 32.0. The number of hydrogen-bond donors (Lipinski definition) is 1. The Kier molecular flexibility index (Phi) is 32.4. The minimum absolute atomic E-state index is 0. The molecule has 264 valence electrons. The third-order valence-corrected chi connectivity index (χ3v) is 14.3. The molecule has 0 heterocycles. The normalized spacial score (nSPS) is 12.3. The number of carbonyl (C=O) groups is 1. The molecule has 0 amide bonds. The summed E-state index contributed by atoms with van der Waals surface area (Å²) in [4.78, 5) is 9.00. The Hall–Kier alpha value is 1.29. The first kappa shape index (κ1) is 51.1. The van der Waals surface area contributed by atoms with Gasteiger partial charge in [0.2, 0.25) is 0 Å². The van der Waals surface area contributed by atoms with Crippen molar-refractivity contribution in [2.24, 2.45) is 0 Å². The van der Waals surface area contributed by atoms with Crippen LogP contribution in [0.15, 0.2) is 0 Å². The number of carboxylic acid groups (broad SMARTS) is 1. The Bertz CT molecular complexity index is 984. The van der Waals surface area contributed by atoms with Crippen molar-refractivity contribution >= 4 is 62.3 Å². The molecule has 0 aromatic rings. The van der Waals surface area contributed by atoms with E-state index in [2.05, 4.69) is 0 Å². The average molecular weight is 922 g/mol. The molecule has 0 aromatic carbocycles. The fourth-order valence-corrected chi connectivity index (χ4v) is 11.4. The molecule has 0 bridgehead atoms. The van der Waals surface area contributed by atoms with E-state index in [1.54, 1.807) is 0 Å². The number of rotatable bonds is 24. The van der Waals surface area contributed by atoms with Crippen molar-refractivity contribution in [3.63, 3.8) is 0 Å². The first-order valence-corrected chi connectivity index (χ1v) is 23.1. The van der Waals surface area contributed by atoms with E-state index in [4.69, 9.17) is 9.90 Å². The number of carboxylic acids is 1. The third kappa shape index (κ3) is 47.8. The minimum atomic E-state index is -4.28. The molecule has 0 saturated heterocycles. The predicted octanol–water partition coefficient (Wildman–Crippen LogP) is 1.73. The first-order valence-electron chi connectivity index (χ1n) is 13.0. The van der Waals surface area contributed by atoms with E-state index in [9.17, 15) is 51.9 Å². The quantitative estimate of drug-likeness (QED) is 0.0626. The summed E-state index contributed by atoms with van der Waals surface area (Å²) in [5.41, 5.74) is 0. The molecule has 0 unspecified atom stereocenters. The fourth-order valence-electron chi connectivity index (χ4n) is 3.65. The minimum Gasteiger partial charge on any atom is -0.748 e. The van der Waals surface area contributed by atoms with Gasteiger partial charge in [0.05, 0.1) is 40.5 Å². The first-order chi connectivity index (χ1) is 18.6. The van der Waals surface area contributed by atoms with Crippen molar-refractivity contribution in [3.05, 3.63) is 0 Å². The van der Waals surface area contributed by atoms with Crippen molar-refractivity contribution < 1.29 is 103 Å². The van der Waals surface area contributed by atoms with Crippen LogP contribution in [0.3, 0.4) is 0 Å². The summed E-state index contributed by atoms with van der Waals surface area (Å²) in [6.07, 6.45) is 8.53. The molecule has 0 fully saturated rings. The molecule has 0 saturated carbocycles. The van der Waals surface area contributed by atoms with Crippen molar-refractivity contribution in [2.45, 2.75) is 64.7 Å². The molecule has 14 nitrogen and oxygen atoms in total. The molecule has 0 radical (unpaired) electrons. The summed E-state index contributed by atoms with van der Waals surface area (Å²) in [6.45, 7) is 1.08. The van der Waals surface area contributed by atoms with Gasteiger partial charge in [0.1, 0.15) is 0 Å². The van der Waals surface area contributed by atoms with Crippen molar-refractivity contribution in [1.82, 2.24) is 0 Å². The van der Waals surface area contributed by atoms with Crippen molar-refractivity contribution in [1.29, 1.82) is 0 Å². The second-order valence-corrected chi connectivity index (χ2v) is 20.9. The molecular weight excluding hydrogens is 879 g/mol. The summed E-state index contributed by atoms with van der Waals surface area (Å²) in [5, 5.41) is 7.42. The molecular formula is C21H42O14P2Pd2S4. The zero-order chi connectivity index (χ0) is 32.2. The van der Waals surface area contributed by atoms with Gasteiger partial charge in [0.25, 0.3) is 5.97 Å². The predicted molar refractivity (Wildman–Crippen MR) is 156 cm³/mol. The SMILES string of the molecule is CC(=O)O.O=S(=O)([O-])CCCCP(CCCCS(=O)(=O)[O-])CCCP(CCCCS(=O)(=O)[O-])CCCCS(=O)(=O)[O-].[Pd+2].[Pd+2]. The standard InChI is InChI=1S/C19H42O12P2S4.C2H4O2.2Pd/c20-34(21,22)16-5-1-10-32(11-2-6-17-35(23,24)25)14-9-15-33(12-3-7-18-36(26,27)28)13-4-8-19-37(29,30)31;1-2(3)4;;/h1-19H2,(H,20,21,22)(H,23,24,25)(H,26,27,28)(H,29,30,31);1H3,(H,3,4);;/q;;2*+2/p-4. The molecule has 43 heavy (non-hydrogen) atoms. The smallest absolute Gasteiger partial charge is 0.748 e. The van der Waals surface area contributed by atoms with Gasteiger partial charge >= 0.3 is 40.8 Å². The van der Waals surface area contributed by atoms with Crippen LogP contribution in [0.5, 0.6) is 0 Å². The Morgan fingerprint density at radius 1 is 0.465 bits per heavy atom. The Morgan fingerprint density at radius 3 is 0.791 bits per heavy atom. The Balaban J connectivity index is -0.00000118. The van der Waals surface area contributed by atoms with Gasteiger partial charge in [-0.05, 0) is 94.8 Å². The summed E-state index contributed by atoms with van der Waals surface area (Å²) >= 11 is 0. The van der Waals surface area contributed by atoms with Gasteiger partial charge in [-0.2, -0.15) is 0 Å². The molecule has 0 aliphatic rings. The van der Waals surface area contributed by atoms with Gasteiger partial charge in [0.15, 0.2) is 0 Å². The summed E-state index contributed by atoms with van der Waals surface area (Å²) < 4.78 is 130. The van der Waals surface area contributed by atoms with E-state index in [0.29, 0.717) is 25.7 Å². The van der Waals surface area contributed by atoms with Crippen molar-refractivity contribution in [3.8, 4) is 0 Å². The van der Waals surface area contributed by atoms with Gasteiger partial charge in [-0.15, -0.1) is 15.8 Å². The van der Waals surface area contributed by atoms with E-state index in [0.717, 1.165) is 50.3 Å². The van der Waals surface area contributed by atoms with E-state index in [-0.39, 0.29) is 66.5 Å². The molecule has 0 aliphatic heterocycles. The summed E-state index contributed by atoms with van der Waals surface area (Å²) in [6, 6.07) is 0. The van der Waals surface area contributed by atoms with Crippen LogP contribution < -0.4 is 0 Å². The van der Waals surface area contributed by atoms with Crippen LogP contribution in [0.25, 0.3) is 0 Å². The molecule has 0 aromatic heterocycles. The van der Waals surface area contributed by atoms with Crippen LogP contribution in [0, 0.1) is 0 Å². The van der Waals surface area contributed by atoms with Crippen LogP contribution in [-0.2, 0) is 86.1 Å². The van der Waals surface area contributed by atoms with E-state index >= 15 is 0 Å². The van der Waals surface area contributed by atoms with Gasteiger partial charge in [0, 0.05) is 29.9 Å². The molecule has 0 rings (SSSR count). The summed E-state index contributed by atoms with van der Waals surface area (Å²) in [7, 11) is -18.3. The van der Waals surface area contributed by atoms with Gasteiger partial charge in [-0.1, -0.05) is 0 Å².